The highest BCUT2D eigenvalue weighted by Crippen LogP contribution is 2.58. The molecule has 0 N–H and O–H groups in total. The summed E-state index contributed by atoms with van der Waals surface area (Å²) in [7, 11) is 0. The lowest BCUT2D eigenvalue weighted by molar-refractivity contribution is 0.768. The van der Waals surface area contributed by atoms with Crippen molar-refractivity contribution in [3.05, 3.63) is 326 Å². The van der Waals surface area contributed by atoms with E-state index in [0.29, 0.717) is 0 Å². The van der Waals surface area contributed by atoms with Gasteiger partial charge in [0.2, 0.25) is 0 Å². The molecule has 0 spiro atoms. The lowest BCUT2D eigenvalue weighted by Gasteiger charge is -2.35. The summed E-state index contributed by atoms with van der Waals surface area (Å²) in [5.41, 5.74) is 22.9. The minimum atomic E-state index is -0.586. The molecule has 0 saturated heterocycles. The van der Waals surface area contributed by atoms with E-state index in [0.717, 1.165) is 44.8 Å². The molecule has 1 aromatic heterocycles. The van der Waals surface area contributed by atoms with Crippen molar-refractivity contribution < 1.29 is 0 Å². The van der Waals surface area contributed by atoms with Gasteiger partial charge in [0.15, 0.2) is 0 Å². The molecule has 1 aliphatic rings. The topological polar surface area (TPSA) is 8.17 Å². The average molecular weight is 981 g/mol. The molecule has 0 fully saturated rings. The molecular weight excluding hydrogens is 929 g/mol. The molecular formula is C75H52N2. The second-order valence-electron chi connectivity index (χ2n) is 20.1. The summed E-state index contributed by atoms with van der Waals surface area (Å²) < 4.78 is 2.40. The van der Waals surface area contributed by atoms with E-state index in [1.54, 1.807) is 0 Å². The summed E-state index contributed by atoms with van der Waals surface area (Å²) in [6.45, 7) is 8.09. The van der Waals surface area contributed by atoms with Crippen LogP contribution in [0.4, 0.5) is 17.1 Å². The molecule has 2 heteroatoms. The molecule has 1 aliphatic carbocycles. The number of nitrogens with zero attached hydrogens (tertiary/aromatic N) is 2. The summed E-state index contributed by atoms with van der Waals surface area (Å²) in [5, 5.41) is 4.76. The number of aromatic nitrogens is 1. The van der Waals surface area contributed by atoms with Gasteiger partial charge in [0, 0.05) is 33.2 Å². The normalized spacial score (nSPS) is 13.6. The van der Waals surface area contributed by atoms with Crippen molar-refractivity contribution >= 4 is 61.8 Å². The standard InChI is InChI=1S/C75H52N2/c1-3-51-28-32-55(33-29-51)56-36-45-73-68(48-56)69-49-57(37-46-74(69)77(73)60-22-12-7-13-23-60)63-44-47-72(67-26-15-14-24-64(63)67)76(61-40-34-54(35-41-61)53-18-8-5-9-19-53)62-42-43-66-65-25-16-17-27-70(65)75(71(66)50-62,58-20-10-6-11-21-58)59-38-30-52(4-2)31-39-59/h3-50H,1-2H2. The predicted molar refractivity (Wildman–Crippen MR) is 327 cm³/mol. The van der Waals surface area contributed by atoms with Crippen LogP contribution in [0, 0.1) is 0 Å². The highest BCUT2D eigenvalue weighted by molar-refractivity contribution is 6.13. The fraction of sp³-hybridized carbons (Fsp3) is 0.0133. The Morgan fingerprint density at radius 3 is 1.52 bits per heavy atom. The van der Waals surface area contributed by atoms with Crippen LogP contribution in [-0.2, 0) is 5.41 Å². The van der Waals surface area contributed by atoms with E-state index in [2.05, 4.69) is 302 Å². The lowest BCUT2D eigenvalue weighted by atomic mass is 9.67. The Balaban J connectivity index is 0.974. The molecule has 0 aliphatic heterocycles. The summed E-state index contributed by atoms with van der Waals surface area (Å²) in [6, 6.07) is 103. The highest BCUT2D eigenvalue weighted by Gasteiger charge is 2.46. The number of para-hydroxylation sites is 1. The Bertz CT molecular complexity index is 4380. The van der Waals surface area contributed by atoms with Crippen LogP contribution in [0.2, 0.25) is 0 Å². The summed E-state index contributed by atoms with van der Waals surface area (Å²) in [6.07, 6.45) is 3.82. The first kappa shape index (κ1) is 45.6. The largest absolute Gasteiger partial charge is 0.310 e. The summed E-state index contributed by atoms with van der Waals surface area (Å²) in [4.78, 5) is 2.47. The number of fused-ring (bicyclic) bond motifs is 7. The molecule has 0 saturated carbocycles. The van der Waals surface area contributed by atoms with Crippen molar-refractivity contribution in [3.63, 3.8) is 0 Å². The second-order valence-corrected chi connectivity index (χ2v) is 20.1. The van der Waals surface area contributed by atoms with Crippen LogP contribution < -0.4 is 4.90 Å². The number of benzene rings is 12. The van der Waals surface area contributed by atoms with Crippen LogP contribution in [0.25, 0.3) is 94.9 Å². The average Bonchev–Trinajstić information content (AvgIpc) is 4.02. The van der Waals surface area contributed by atoms with Crippen molar-refractivity contribution in [1.29, 1.82) is 0 Å². The van der Waals surface area contributed by atoms with Gasteiger partial charge in [-0.3, -0.25) is 0 Å². The second kappa shape index (κ2) is 18.7. The van der Waals surface area contributed by atoms with Gasteiger partial charge in [-0.05, 0) is 150 Å². The van der Waals surface area contributed by atoms with Crippen molar-refractivity contribution in [2.24, 2.45) is 0 Å². The zero-order valence-corrected chi connectivity index (χ0v) is 42.5. The van der Waals surface area contributed by atoms with Crippen LogP contribution in [0.15, 0.2) is 292 Å². The fourth-order valence-electron chi connectivity index (χ4n) is 12.4. The minimum absolute atomic E-state index is 0.586. The third-order valence-electron chi connectivity index (χ3n) is 16.0. The summed E-state index contributed by atoms with van der Waals surface area (Å²) >= 11 is 0. The predicted octanol–water partition coefficient (Wildman–Crippen LogP) is 20.1. The van der Waals surface area contributed by atoms with Gasteiger partial charge in [-0.15, -0.1) is 0 Å². The maximum atomic E-state index is 4.10. The third kappa shape index (κ3) is 7.48. The van der Waals surface area contributed by atoms with Gasteiger partial charge in [0.1, 0.15) is 0 Å². The van der Waals surface area contributed by atoms with Gasteiger partial charge in [0.25, 0.3) is 0 Å². The van der Waals surface area contributed by atoms with E-state index in [1.165, 1.54) is 88.4 Å². The first-order valence-electron chi connectivity index (χ1n) is 26.5. The Kier molecular flexibility index (Phi) is 11.1. The molecule has 12 aromatic carbocycles. The van der Waals surface area contributed by atoms with E-state index in [9.17, 15) is 0 Å². The molecule has 0 radical (unpaired) electrons. The van der Waals surface area contributed by atoms with Crippen LogP contribution in [0.1, 0.15) is 33.4 Å². The SMILES string of the molecule is C=Cc1ccc(-c2ccc3c(c2)c2cc(-c4ccc(N(c5ccc(-c6ccccc6)cc5)c5ccc6c(c5)C(c5ccccc5)(c5ccc(C=C)cc5)c5ccccc5-6)c5ccccc45)ccc2n3-c2ccccc2)cc1. The molecule has 1 unspecified atom stereocenters. The maximum absolute atomic E-state index is 4.10. The van der Waals surface area contributed by atoms with E-state index in [-0.39, 0.29) is 0 Å². The van der Waals surface area contributed by atoms with Crippen molar-refractivity contribution in [2.75, 3.05) is 4.90 Å². The van der Waals surface area contributed by atoms with Crippen molar-refractivity contribution in [2.45, 2.75) is 5.41 Å². The molecule has 13 aromatic rings. The Labute approximate surface area is 450 Å². The molecule has 2 nitrogen and oxygen atoms in total. The quantitative estimate of drug-likeness (QED) is 0.125. The maximum Gasteiger partial charge on any atom is 0.0714 e. The Hall–Kier alpha value is -10.0. The third-order valence-corrected chi connectivity index (χ3v) is 16.0. The van der Waals surface area contributed by atoms with Crippen LogP contribution >= 0.6 is 0 Å². The van der Waals surface area contributed by atoms with E-state index < -0.39 is 5.41 Å². The minimum Gasteiger partial charge on any atom is -0.310 e. The number of rotatable bonds is 11. The number of hydrogen-bond acceptors (Lipinski definition) is 1. The zero-order valence-electron chi connectivity index (χ0n) is 42.5. The Morgan fingerprint density at radius 1 is 0.325 bits per heavy atom. The smallest absolute Gasteiger partial charge is 0.0714 e. The van der Waals surface area contributed by atoms with Gasteiger partial charge < -0.3 is 9.47 Å². The summed E-state index contributed by atoms with van der Waals surface area (Å²) in [5.74, 6) is 0. The zero-order chi connectivity index (χ0) is 51.5. The number of anilines is 3. The van der Waals surface area contributed by atoms with Crippen LogP contribution in [0.3, 0.4) is 0 Å². The van der Waals surface area contributed by atoms with Gasteiger partial charge >= 0.3 is 0 Å². The van der Waals surface area contributed by atoms with Crippen LogP contribution in [-0.4, -0.2) is 4.57 Å². The van der Waals surface area contributed by atoms with Gasteiger partial charge in [-0.25, -0.2) is 0 Å². The Morgan fingerprint density at radius 2 is 0.818 bits per heavy atom. The molecule has 1 heterocycles. The molecule has 362 valence electrons. The van der Waals surface area contributed by atoms with Gasteiger partial charge in [-0.2, -0.15) is 0 Å². The highest BCUT2D eigenvalue weighted by atomic mass is 15.1. The first-order valence-corrected chi connectivity index (χ1v) is 26.5. The number of hydrogen-bond donors (Lipinski definition) is 0. The molecule has 0 amide bonds. The van der Waals surface area contributed by atoms with Crippen molar-refractivity contribution in [3.8, 4) is 50.2 Å². The molecule has 1 atom stereocenters. The molecule has 0 bridgehead atoms. The fourth-order valence-corrected chi connectivity index (χ4v) is 12.4. The molecule has 77 heavy (non-hydrogen) atoms. The van der Waals surface area contributed by atoms with E-state index in [4.69, 9.17) is 0 Å². The van der Waals surface area contributed by atoms with E-state index in [1.807, 2.05) is 12.2 Å². The lowest BCUT2D eigenvalue weighted by Crippen LogP contribution is -2.28. The van der Waals surface area contributed by atoms with Crippen LogP contribution in [0.5, 0.6) is 0 Å². The molecule has 14 rings (SSSR count). The van der Waals surface area contributed by atoms with Gasteiger partial charge in [-0.1, -0.05) is 238 Å². The first-order chi connectivity index (χ1) is 38.1. The van der Waals surface area contributed by atoms with E-state index >= 15 is 0 Å². The van der Waals surface area contributed by atoms with Gasteiger partial charge in [0.05, 0.1) is 22.1 Å². The monoisotopic (exact) mass is 980 g/mol. The van der Waals surface area contributed by atoms with Crippen molar-refractivity contribution in [1.82, 2.24) is 4.57 Å².